The highest BCUT2D eigenvalue weighted by Crippen LogP contribution is 2.25. The number of benzene rings is 1. The summed E-state index contributed by atoms with van der Waals surface area (Å²) in [6.07, 6.45) is 0. The first-order chi connectivity index (χ1) is 7.75. The molecule has 2 N–H and O–H groups in total. The maximum Gasteiger partial charge on any atom is 0.321 e. The second-order valence-electron chi connectivity index (χ2n) is 3.57. The number of carboxylic acids is 1. The van der Waals surface area contributed by atoms with Crippen LogP contribution in [-0.4, -0.2) is 25.5 Å². The lowest BCUT2D eigenvalue weighted by molar-refractivity contribution is -0.138. The van der Waals surface area contributed by atoms with Crippen molar-refractivity contribution in [1.29, 1.82) is 0 Å². The van der Waals surface area contributed by atoms with Crippen LogP contribution < -0.4 is 4.72 Å². The van der Waals surface area contributed by atoms with E-state index in [0.717, 1.165) is 5.56 Å². The fourth-order valence-electron chi connectivity index (χ4n) is 1.17. The third-order valence-corrected chi connectivity index (χ3v) is 5.05. The summed E-state index contributed by atoms with van der Waals surface area (Å²) in [5.41, 5.74) is 0.760. The van der Waals surface area contributed by atoms with Gasteiger partial charge >= 0.3 is 5.97 Å². The van der Waals surface area contributed by atoms with Crippen molar-refractivity contribution in [3.05, 3.63) is 28.2 Å². The molecular weight excluding hydrogens is 310 g/mol. The third-order valence-electron chi connectivity index (χ3n) is 2.15. The molecule has 1 aromatic rings. The minimum absolute atomic E-state index is 0.0330. The number of aliphatic carboxylic acids is 1. The van der Waals surface area contributed by atoms with Gasteiger partial charge in [0.2, 0.25) is 10.0 Å². The Kier molecular flexibility index (Phi) is 4.29. The molecule has 0 unspecified atom stereocenters. The summed E-state index contributed by atoms with van der Waals surface area (Å²) in [7, 11) is -3.84. The van der Waals surface area contributed by atoms with Crippen LogP contribution >= 0.6 is 15.9 Å². The van der Waals surface area contributed by atoms with Crippen LogP contribution in [-0.2, 0) is 14.8 Å². The van der Waals surface area contributed by atoms with Gasteiger partial charge in [-0.05, 0) is 41.4 Å². The number of halogens is 1. The van der Waals surface area contributed by atoms with Gasteiger partial charge in [0.25, 0.3) is 0 Å². The number of aryl methyl sites for hydroxylation is 1. The topological polar surface area (TPSA) is 83.5 Å². The van der Waals surface area contributed by atoms with Gasteiger partial charge in [0.05, 0.1) is 4.90 Å². The van der Waals surface area contributed by atoms with Crippen molar-refractivity contribution in [2.24, 2.45) is 0 Å². The predicted octanol–water partition coefficient (Wildman–Crippen LogP) is 1.51. The van der Waals surface area contributed by atoms with Gasteiger partial charge in [-0.2, -0.15) is 4.72 Å². The van der Waals surface area contributed by atoms with Crippen LogP contribution in [0.1, 0.15) is 12.5 Å². The summed E-state index contributed by atoms with van der Waals surface area (Å²) in [4.78, 5) is 10.7. The molecule has 0 amide bonds. The molecule has 1 atom stereocenters. The number of hydrogen-bond donors (Lipinski definition) is 2. The predicted molar refractivity (Wildman–Crippen MR) is 66.3 cm³/mol. The fourth-order valence-corrected chi connectivity index (χ4v) is 3.43. The lowest BCUT2D eigenvalue weighted by Crippen LogP contribution is -2.38. The summed E-state index contributed by atoms with van der Waals surface area (Å²) in [6, 6.07) is 3.59. The number of rotatable bonds is 4. The van der Waals surface area contributed by atoms with E-state index in [0.29, 0.717) is 4.47 Å². The molecule has 0 heterocycles. The Morgan fingerprint density at radius 3 is 2.59 bits per heavy atom. The Labute approximate surface area is 108 Å². The number of hydrogen-bond acceptors (Lipinski definition) is 3. The van der Waals surface area contributed by atoms with Crippen molar-refractivity contribution >= 4 is 31.9 Å². The van der Waals surface area contributed by atoms with E-state index in [1.54, 1.807) is 19.1 Å². The molecule has 0 aliphatic rings. The van der Waals surface area contributed by atoms with Gasteiger partial charge < -0.3 is 5.11 Å². The normalized spacial score (nSPS) is 13.4. The Hall–Kier alpha value is -0.920. The molecule has 5 nitrogen and oxygen atoms in total. The van der Waals surface area contributed by atoms with Crippen molar-refractivity contribution in [2.75, 3.05) is 0 Å². The molecule has 0 spiro atoms. The van der Waals surface area contributed by atoms with E-state index in [4.69, 9.17) is 5.11 Å². The summed E-state index contributed by atoms with van der Waals surface area (Å²) >= 11 is 3.18. The number of sulfonamides is 1. The zero-order chi connectivity index (χ0) is 13.2. The van der Waals surface area contributed by atoms with Crippen molar-refractivity contribution in [2.45, 2.75) is 24.8 Å². The Balaban J connectivity index is 3.14. The third kappa shape index (κ3) is 3.27. The molecule has 0 aliphatic heterocycles. The van der Waals surface area contributed by atoms with E-state index in [1.807, 2.05) is 0 Å². The molecule has 17 heavy (non-hydrogen) atoms. The van der Waals surface area contributed by atoms with Gasteiger partial charge in [-0.1, -0.05) is 12.1 Å². The molecule has 94 valence electrons. The molecule has 0 saturated heterocycles. The molecule has 0 bridgehead atoms. The highest BCUT2D eigenvalue weighted by molar-refractivity contribution is 9.10. The van der Waals surface area contributed by atoms with E-state index in [9.17, 15) is 13.2 Å². The molecule has 0 fully saturated rings. The monoisotopic (exact) mass is 321 g/mol. The lowest BCUT2D eigenvalue weighted by Gasteiger charge is -2.12. The molecule has 0 aromatic heterocycles. The number of carboxylic acid groups (broad SMARTS) is 1. The molecule has 0 radical (unpaired) electrons. The highest BCUT2D eigenvalue weighted by Gasteiger charge is 2.23. The number of carbonyl (C=O) groups is 1. The first kappa shape index (κ1) is 14.1. The maximum absolute atomic E-state index is 11.9. The van der Waals surface area contributed by atoms with E-state index >= 15 is 0 Å². The second kappa shape index (κ2) is 5.16. The van der Waals surface area contributed by atoms with Crippen molar-refractivity contribution in [1.82, 2.24) is 4.72 Å². The SMILES string of the molecule is Cc1cccc(S(=O)(=O)N[C@@H](C)C(=O)O)c1Br. The fraction of sp³-hybridized carbons (Fsp3) is 0.300. The van der Waals surface area contributed by atoms with Gasteiger partial charge in [-0.15, -0.1) is 0 Å². The summed E-state index contributed by atoms with van der Waals surface area (Å²) < 4.78 is 26.3. The Morgan fingerprint density at radius 1 is 1.47 bits per heavy atom. The van der Waals surface area contributed by atoms with Crippen LogP contribution in [0.2, 0.25) is 0 Å². The molecule has 1 rings (SSSR count). The van der Waals surface area contributed by atoms with E-state index < -0.39 is 22.0 Å². The smallest absolute Gasteiger partial charge is 0.321 e. The minimum atomic E-state index is -3.84. The maximum atomic E-state index is 11.9. The summed E-state index contributed by atoms with van der Waals surface area (Å²) in [5, 5.41) is 8.68. The Morgan fingerprint density at radius 2 is 2.06 bits per heavy atom. The van der Waals surface area contributed by atoms with Crippen LogP contribution in [0.25, 0.3) is 0 Å². The quantitative estimate of drug-likeness (QED) is 0.880. The summed E-state index contributed by atoms with van der Waals surface area (Å²) in [5.74, 6) is -1.22. The standard InChI is InChI=1S/C10H12BrNO4S/c1-6-4-3-5-8(9(6)11)17(15,16)12-7(2)10(13)14/h3-5,7,12H,1-2H3,(H,13,14)/t7-/m0/s1. The minimum Gasteiger partial charge on any atom is -0.480 e. The molecule has 0 saturated carbocycles. The van der Waals surface area contributed by atoms with E-state index in [1.165, 1.54) is 13.0 Å². The van der Waals surface area contributed by atoms with Gasteiger partial charge in [0.15, 0.2) is 0 Å². The second-order valence-corrected chi connectivity index (χ2v) is 6.04. The lowest BCUT2D eigenvalue weighted by atomic mass is 10.2. The van der Waals surface area contributed by atoms with Gasteiger partial charge in [0, 0.05) is 4.47 Å². The number of nitrogens with one attached hydrogen (secondary N) is 1. The van der Waals surface area contributed by atoms with Crippen molar-refractivity contribution < 1.29 is 18.3 Å². The Bertz CT molecular complexity index is 541. The van der Waals surface area contributed by atoms with E-state index in [-0.39, 0.29) is 4.90 Å². The zero-order valence-corrected chi connectivity index (χ0v) is 11.7. The molecule has 7 heteroatoms. The van der Waals surface area contributed by atoms with Crippen LogP contribution in [0.4, 0.5) is 0 Å². The summed E-state index contributed by atoms with van der Waals surface area (Å²) in [6.45, 7) is 3.02. The van der Waals surface area contributed by atoms with Gasteiger partial charge in [0.1, 0.15) is 6.04 Å². The van der Waals surface area contributed by atoms with Crippen molar-refractivity contribution in [3.63, 3.8) is 0 Å². The van der Waals surface area contributed by atoms with E-state index in [2.05, 4.69) is 20.7 Å². The van der Waals surface area contributed by atoms with Gasteiger partial charge in [-0.3, -0.25) is 4.79 Å². The average molecular weight is 322 g/mol. The highest BCUT2D eigenvalue weighted by atomic mass is 79.9. The molecule has 1 aromatic carbocycles. The average Bonchev–Trinajstić information content (AvgIpc) is 2.21. The zero-order valence-electron chi connectivity index (χ0n) is 9.27. The van der Waals surface area contributed by atoms with Crippen molar-refractivity contribution in [3.8, 4) is 0 Å². The van der Waals surface area contributed by atoms with Crippen LogP contribution in [0, 0.1) is 6.92 Å². The van der Waals surface area contributed by atoms with Crippen LogP contribution in [0.3, 0.4) is 0 Å². The van der Waals surface area contributed by atoms with Crippen LogP contribution in [0.15, 0.2) is 27.6 Å². The van der Waals surface area contributed by atoms with Gasteiger partial charge in [-0.25, -0.2) is 8.42 Å². The molecular formula is C10H12BrNO4S. The van der Waals surface area contributed by atoms with Crippen LogP contribution in [0.5, 0.6) is 0 Å². The largest absolute Gasteiger partial charge is 0.480 e. The first-order valence-electron chi connectivity index (χ1n) is 4.76. The first-order valence-corrected chi connectivity index (χ1v) is 7.03. The molecule has 0 aliphatic carbocycles.